The lowest BCUT2D eigenvalue weighted by atomic mass is 9.83. The highest BCUT2D eigenvalue weighted by molar-refractivity contribution is 14.0. The molecule has 1 aromatic heterocycles. The van der Waals surface area contributed by atoms with E-state index in [1.807, 2.05) is 7.05 Å². The van der Waals surface area contributed by atoms with E-state index in [0.29, 0.717) is 6.04 Å². The minimum atomic E-state index is 0. The van der Waals surface area contributed by atoms with Gasteiger partial charge in [-0.15, -0.1) is 35.3 Å². The Morgan fingerprint density at radius 3 is 2.46 bits per heavy atom. The van der Waals surface area contributed by atoms with Crippen LogP contribution in [0.5, 0.6) is 0 Å². The first kappa shape index (κ1) is 23.6. The van der Waals surface area contributed by atoms with Gasteiger partial charge in [0.05, 0.1) is 10.7 Å². The molecular weight excluding hydrogens is 457 g/mol. The molecule has 0 bridgehead atoms. The Kier molecular flexibility index (Phi) is 11.0. The number of nitrogens with one attached hydrogen (secondary N) is 2. The van der Waals surface area contributed by atoms with Crippen molar-refractivity contribution in [3.8, 4) is 0 Å². The van der Waals surface area contributed by atoms with Crippen LogP contribution in [0.3, 0.4) is 0 Å². The van der Waals surface area contributed by atoms with Crippen molar-refractivity contribution in [1.29, 1.82) is 0 Å². The van der Waals surface area contributed by atoms with Gasteiger partial charge >= 0.3 is 0 Å². The molecule has 1 aromatic rings. The van der Waals surface area contributed by atoms with Crippen LogP contribution in [0, 0.1) is 19.8 Å². The number of thiazole rings is 1. The van der Waals surface area contributed by atoms with Crippen molar-refractivity contribution in [2.24, 2.45) is 10.9 Å². The van der Waals surface area contributed by atoms with Crippen LogP contribution in [0.1, 0.15) is 47.7 Å². The predicted molar refractivity (Wildman–Crippen MR) is 124 cm³/mol. The molecule has 0 radical (unpaired) electrons. The summed E-state index contributed by atoms with van der Waals surface area (Å²) in [5.41, 5.74) is 1.16. The predicted octanol–water partition coefficient (Wildman–Crippen LogP) is 3.60. The molecule has 26 heavy (non-hydrogen) atoms. The van der Waals surface area contributed by atoms with Gasteiger partial charge in [0, 0.05) is 37.5 Å². The SMILES string of the molecule is CN=C(NCCc1nc(C)c(C)s1)NCC(C1CCCCC1)N(C)C.I. The molecule has 0 saturated heterocycles. The van der Waals surface area contributed by atoms with E-state index in [9.17, 15) is 0 Å². The van der Waals surface area contributed by atoms with Gasteiger partial charge in [0.15, 0.2) is 5.96 Å². The van der Waals surface area contributed by atoms with Crippen LogP contribution in [0.15, 0.2) is 4.99 Å². The molecule has 1 saturated carbocycles. The molecule has 5 nitrogen and oxygen atoms in total. The normalized spacial score (nSPS) is 17.1. The van der Waals surface area contributed by atoms with Crippen LogP contribution in [0.25, 0.3) is 0 Å². The number of rotatable bonds is 7. The summed E-state index contributed by atoms with van der Waals surface area (Å²) in [4.78, 5) is 12.7. The van der Waals surface area contributed by atoms with Crippen molar-refractivity contribution >= 4 is 41.3 Å². The summed E-state index contributed by atoms with van der Waals surface area (Å²) in [6.07, 6.45) is 7.84. The minimum Gasteiger partial charge on any atom is -0.356 e. The molecule has 0 spiro atoms. The number of aliphatic imine (C=N–C) groups is 1. The van der Waals surface area contributed by atoms with Crippen LogP contribution in [0.2, 0.25) is 0 Å². The molecule has 1 atom stereocenters. The third kappa shape index (κ3) is 7.31. The fourth-order valence-corrected chi connectivity index (χ4v) is 4.58. The van der Waals surface area contributed by atoms with E-state index in [1.165, 1.54) is 42.0 Å². The molecule has 1 heterocycles. The molecule has 1 aliphatic carbocycles. The fraction of sp³-hybridized carbons (Fsp3) is 0.789. The van der Waals surface area contributed by atoms with Crippen molar-refractivity contribution in [3.05, 3.63) is 15.6 Å². The van der Waals surface area contributed by atoms with E-state index in [2.05, 4.69) is 53.5 Å². The Hall–Kier alpha value is -0.410. The Morgan fingerprint density at radius 2 is 1.92 bits per heavy atom. The lowest BCUT2D eigenvalue weighted by molar-refractivity contribution is 0.171. The first-order chi connectivity index (χ1) is 12.0. The summed E-state index contributed by atoms with van der Waals surface area (Å²) in [5, 5.41) is 8.16. The van der Waals surface area contributed by atoms with E-state index in [-0.39, 0.29) is 24.0 Å². The number of aromatic nitrogens is 1. The van der Waals surface area contributed by atoms with Crippen LogP contribution < -0.4 is 10.6 Å². The summed E-state index contributed by atoms with van der Waals surface area (Å²) < 4.78 is 0. The molecule has 1 aliphatic rings. The molecular formula is C19H36IN5S. The van der Waals surface area contributed by atoms with Gasteiger partial charge < -0.3 is 15.5 Å². The lowest BCUT2D eigenvalue weighted by Crippen LogP contribution is -2.48. The molecule has 1 fully saturated rings. The van der Waals surface area contributed by atoms with Crippen LogP contribution in [-0.4, -0.2) is 56.1 Å². The average molecular weight is 494 g/mol. The number of likely N-dealkylation sites (N-methyl/N-ethyl adjacent to an activating group) is 1. The maximum atomic E-state index is 4.60. The van der Waals surface area contributed by atoms with Crippen molar-refractivity contribution in [1.82, 2.24) is 20.5 Å². The molecule has 2 N–H and O–H groups in total. The Labute approximate surface area is 180 Å². The lowest BCUT2D eigenvalue weighted by Gasteiger charge is -2.35. The minimum absolute atomic E-state index is 0. The van der Waals surface area contributed by atoms with E-state index >= 15 is 0 Å². The monoisotopic (exact) mass is 493 g/mol. The summed E-state index contributed by atoms with van der Waals surface area (Å²) in [6, 6.07) is 0.572. The first-order valence-electron chi connectivity index (χ1n) is 9.55. The van der Waals surface area contributed by atoms with E-state index < -0.39 is 0 Å². The molecule has 0 aliphatic heterocycles. The van der Waals surface area contributed by atoms with Crippen molar-refractivity contribution in [2.45, 2.75) is 58.4 Å². The molecule has 7 heteroatoms. The number of hydrogen-bond donors (Lipinski definition) is 2. The second-order valence-corrected chi connectivity index (χ2v) is 8.60. The molecule has 1 unspecified atom stereocenters. The number of aryl methyl sites for hydroxylation is 2. The average Bonchev–Trinajstić information content (AvgIpc) is 2.92. The number of nitrogens with zero attached hydrogens (tertiary/aromatic N) is 3. The van der Waals surface area contributed by atoms with Gasteiger partial charge in [0.25, 0.3) is 0 Å². The summed E-state index contributed by atoms with van der Waals surface area (Å²) in [6.45, 7) is 6.03. The zero-order valence-corrected chi connectivity index (χ0v) is 20.1. The smallest absolute Gasteiger partial charge is 0.191 e. The van der Waals surface area contributed by atoms with Crippen molar-refractivity contribution in [2.75, 3.05) is 34.2 Å². The van der Waals surface area contributed by atoms with Gasteiger partial charge in [-0.25, -0.2) is 4.98 Å². The first-order valence-corrected chi connectivity index (χ1v) is 10.4. The van der Waals surface area contributed by atoms with Gasteiger partial charge in [-0.3, -0.25) is 4.99 Å². The number of hydrogen-bond acceptors (Lipinski definition) is 4. The van der Waals surface area contributed by atoms with Gasteiger partial charge in [-0.1, -0.05) is 19.3 Å². The zero-order chi connectivity index (χ0) is 18.2. The number of halogens is 1. The van der Waals surface area contributed by atoms with Crippen LogP contribution in [0.4, 0.5) is 0 Å². The second-order valence-electron chi connectivity index (χ2n) is 7.31. The highest BCUT2D eigenvalue weighted by atomic mass is 127. The van der Waals surface area contributed by atoms with Crippen molar-refractivity contribution in [3.63, 3.8) is 0 Å². The maximum Gasteiger partial charge on any atom is 0.191 e. The summed E-state index contributed by atoms with van der Waals surface area (Å²) in [5.74, 6) is 1.70. The van der Waals surface area contributed by atoms with Crippen LogP contribution >= 0.6 is 35.3 Å². The maximum absolute atomic E-state index is 4.60. The Balaban J connectivity index is 0.00000338. The number of guanidine groups is 1. The van der Waals surface area contributed by atoms with Crippen LogP contribution in [-0.2, 0) is 6.42 Å². The van der Waals surface area contributed by atoms with Gasteiger partial charge in [0.1, 0.15) is 0 Å². The van der Waals surface area contributed by atoms with Gasteiger partial charge in [0.2, 0.25) is 0 Å². The quantitative estimate of drug-likeness (QED) is 0.346. The van der Waals surface area contributed by atoms with Gasteiger partial charge in [-0.2, -0.15) is 0 Å². The Morgan fingerprint density at radius 1 is 1.23 bits per heavy atom. The highest BCUT2D eigenvalue weighted by Gasteiger charge is 2.25. The van der Waals surface area contributed by atoms with E-state index in [0.717, 1.165) is 37.1 Å². The highest BCUT2D eigenvalue weighted by Crippen LogP contribution is 2.28. The zero-order valence-electron chi connectivity index (χ0n) is 17.0. The summed E-state index contributed by atoms with van der Waals surface area (Å²) >= 11 is 1.80. The molecule has 150 valence electrons. The molecule has 2 rings (SSSR count). The molecule has 0 aromatic carbocycles. The molecule has 0 amide bonds. The largest absolute Gasteiger partial charge is 0.356 e. The third-order valence-electron chi connectivity index (χ3n) is 5.26. The second kappa shape index (κ2) is 12.1. The van der Waals surface area contributed by atoms with Crippen molar-refractivity contribution < 1.29 is 0 Å². The standard InChI is InChI=1S/C19H35N5S.HI/c1-14-15(2)25-18(23-14)11-12-21-19(20-3)22-13-17(24(4)5)16-9-7-6-8-10-16;/h16-17H,6-13H2,1-5H3,(H2,20,21,22);1H. The fourth-order valence-electron chi connectivity index (χ4n) is 3.65. The van der Waals surface area contributed by atoms with Gasteiger partial charge in [-0.05, 0) is 46.7 Å². The summed E-state index contributed by atoms with van der Waals surface area (Å²) in [7, 11) is 6.24. The third-order valence-corrected chi connectivity index (χ3v) is 6.40. The van der Waals surface area contributed by atoms with E-state index in [1.54, 1.807) is 11.3 Å². The topological polar surface area (TPSA) is 52.6 Å². The Bertz CT molecular complexity index is 533. The van der Waals surface area contributed by atoms with E-state index in [4.69, 9.17) is 0 Å².